The SMILES string of the molecule is Cc1cn([C@H]2C=C[C@@H](COP3(=O)OCc4cc(C=O)ccc4O3)O2)c(=O)[nH]c1=O. The molecule has 0 radical (unpaired) electrons. The molecular formula is C18H17N2O8P. The molecule has 2 aliphatic rings. The first-order chi connectivity index (χ1) is 13.9. The van der Waals surface area contributed by atoms with Crippen molar-refractivity contribution in [1.29, 1.82) is 0 Å². The molecule has 0 saturated carbocycles. The van der Waals surface area contributed by atoms with Gasteiger partial charge in [0.1, 0.15) is 18.1 Å². The Morgan fingerprint density at radius 1 is 1.34 bits per heavy atom. The fourth-order valence-corrected chi connectivity index (χ4v) is 4.14. The molecule has 2 aromatic rings. The highest BCUT2D eigenvalue weighted by molar-refractivity contribution is 7.49. The Morgan fingerprint density at radius 2 is 2.17 bits per heavy atom. The van der Waals surface area contributed by atoms with Crippen LogP contribution in [0.4, 0.5) is 0 Å². The Kier molecular flexibility index (Phi) is 5.10. The van der Waals surface area contributed by atoms with Crippen molar-refractivity contribution in [2.24, 2.45) is 0 Å². The third-order valence-electron chi connectivity index (χ3n) is 4.43. The summed E-state index contributed by atoms with van der Waals surface area (Å²) in [6.07, 6.45) is 4.04. The molecule has 4 rings (SSSR count). The molecule has 0 aliphatic carbocycles. The lowest BCUT2D eigenvalue weighted by molar-refractivity contribution is -0.0130. The minimum absolute atomic E-state index is 0.0235. The van der Waals surface area contributed by atoms with Gasteiger partial charge in [0.2, 0.25) is 0 Å². The van der Waals surface area contributed by atoms with Crippen molar-refractivity contribution < 1.29 is 27.7 Å². The second kappa shape index (κ2) is 7.57. The minimum Gasteiger partial charge on any atom is -0.404 e. The molecule has 1 aromatic heterocycles. The largest absolute Gasteiger partial charge is 0.530 e. The number of benzene rings is 1. The second-order valence-electron chi connectivity index (χ2n) is 6.52. The number of phosphoric ester groups is 1. The molecule has 1 N–H and O–H groups in total. The molecule has 0 amide bonds. The van der Waals surface area contributed by atoms with Crippen LogP contribution < -0.4 is 15.8 Å². The lowest BCUT2D eigenvalue weighted by atomic mass is 10.1. The first-order valence-electron chi connectivity index (χ1n) is 8.69. The molecule has 0 saturated heterocycles. The Bertz CT molecular complexity index is 1150. The third kappa shape index (κ3) is 4.01. The van der Waals surface area contributed by atoms with Crippen molar-refractivity contribution >= 4 is 14.1 Å². The monoisotopic (exact) mass is 420 g/mol. The number of H-pyrrole nitrogens is 1. The zero-order chi connectivity index (χ0) is 20.6. The molecule has 3 atom stereocenters. The van der Waals surface area contributed by atoms with E-state index >= 15 is 0 Å². The van der Waals surface area contributed by atoms with E-state index in [1.165, 1.54) is 16.8 Å². The van der Waals surface area contributed by atoms with Crippen molar-refractivity contribution in [2.75, 3.05) is 6.61 Å². The standard InChI is InChI=1S/C18H17N2O8P/c1-11-7-20(18(23)19-17(11)22)16-5-3-14(27-16)10-26-29(24)25-9-13-6-12(8-21)2-4-15(13)28-29/h2-8,14,16H,9-10H2,1H3,(H,19,22,23)/t14-,16+,29?/m0/s1. The Balaban J connectivity index is 1.39. The average molecular weight is 420 g/mol. The van der Waals surface area contributed by atoms with Gasteiger partial charge in [0, 0.05) is 22.9 Å². The van der Waals surface area contributed by atoms with E-state index in [4.69, 9.17) is 18.3 Å². The van der Waals surface area contributed by atoms with Crippen LogP contribution in [-0.2, 0) is 25.0 Å². The van der Waals surface area contributed by atoms with Crippen LogP contribution in [0.5, 0.6) is 5.75 Å². The van der Waals surface area contributed by atoms with E-state index in [-0.39, 0.29) is 13.2 Å². The first-order valence-corrected chi connectivity index (χ1v) is 10.2. The van der Waals surface area contributed by atoms with Gasteiger partial charge < -0.3 is 9.26 Å². The third-order valence-corrected chi connectivity index (χ3v) is 5.76. The summed E-state index contributed by atoms with van der Waals surface area (Å²) in [5.41, 5.74) is 0.353. The molecule has 29 heavy (non-hydrogen) atoms. The highest BCUT2D eigenvalue weighted by Gasteiger charge is 2.36. The summed E-state index contributed by atoms with van der Waals surface area (Å²) in [6.45, 7) is 1.42. The van der Waals surface area contributed by atoms with Crippen LogP contribution >= 0.6 is 7.82 Å². The highest BCUT2D eigenvalue weighted by Crippen LogP contribution is 2.54. The van der Waals surface area contributed by atoms with E-state index in [9.17, 15) is 18.9 Å². The number of hydrogen-bond acceptors (Lipinski definition) is 8. The normalized spacial score (nSPS) is 25.4. The molecule has 0 spiro atoms. The molecule has 1 unspecified atom stereocenters. The van der Waals surface area contributed by atoms with Crippen LogP contribution in [0.1, 0.15) is 27.7 Å². The topological polar surface area (TPSA) is 126 Å². The van der Waals surface area contributed by atoms with Crippen molar-refractivity contribution in [2.45, 2.75) is 25.9 Å². The summed E-state index contributed by atoms with van der Waals surface area (Å²) in [5, 5.41) is 0. The fourth-order valence-electron chi connectivity index (χ4n) is 2.92. The Morgan fingerprint density at radius 3 is 2.97 bits per heavy atom. The summed E-state index contributed by atoms with van der Waals surface area (Å²) < 4.78 is 35.6. The number of nitrogens with one attached hydrogen (secondary N) is 1. The maximum Gasteiger partial charge on any atom is 0.530 e. The van der Waals surface area contributed by atoms with E-state index < -0.39 is 31.4 Å². The lowest BCUT2D eigenvalue weighted by Crippen LogP contribution is -2.33. The quantitative estimate of drug-likeness (QED) is 0.441. The predicted molar refractivity (Wildman–Crippen MR) is 99.9 cm³/mol. The van der Waals surface area contributed by atoms with Crippen LogP contribution in [0.15, 0.2) is 46.1 Å². The van der Waals surface area contributed by atoms with Gasteiger partial charge in [-0.15, -0.1) is 0 Å². The minimum atomic E-state index is -3.86. The summed E-state index contributed by atoms with van der Waals surface area (Å²) in [4.78, 5) is 36.5. The number of carbonyl (C=O) groups excluding carboxylic acids is 1. The molecule has 11 heteroatoms. The number of fused-ring (bicyclic) bond motifs is 1. The average Bonchev–Trinajstić information content (AvgIpc) is 3.18. The fraction of sp³-hybridized carbons (Fsp3) is 0.278. The zero-order valence-electron chi connectivity index (χ0n) is 15.3. The number of phosphoric acid groups is 1. The highest BCUT2D eigenvalue weighted by atomic mass is 31.2. The number of aromatic amines is 1. The second-order valence-corrected chi connectivity index (χ2v) is 8.11. The molecule has 1 aromatic carbocycles. The smallest absolute Gasteiger partial charge is 0.404 e. The zero-order valence-corrected chi connectivity index (χ0v) is 16.2. The number of hydrogen-bond donors (Lipinski definition) is 1. The lowest BCUT2D eigenvalue weighted by Gasteiger charge is -2.25. The van der Waals surface area contributed by atoms with E-state index in [1.54, 1.807) is 31.2 Å². The van der Waals surface area contributed by atoms with Crippen LogP contribution in [0.25, 0.3) is 0 Å². The van der Waals surface area contributed by atoms with Crippen LogP contribution in [-0.4, -0.2) is 28.5 Å². The van der Waals surface area contributed by atoms with E-state index in [0.29, 0.717) is 28.7 Å². The van der Waals surface area contributed by atoms with E-state index in [0.717, 1.165) is 0 Å². The molecular weight excluding hydrogens is 403 g/mol. The van der Waals surface area contributed by atoms with Gasteiger partial charge >= 0.3 is 13.5 Å². The maximum absolute atomic E-state index is 12.7. The molecule has 2 aliphatic heterocycles. The number of aldehydes is 1. The van der Waals surface area contributed by atoms with Gasteiger partial charge in [-0.25, -0.2) is 9.36 Å². The van der Waals surface area contributed by atoms with Gasteiger partial charge in [0.25, 0.3) is 5.56 Å². The van der Waals surface area contributed by atoms with Gasteiger partial charge in [-0.05, 0) is 31.2 Å². The van der Waals surface area contributed by atoms with Gasteiger partial charge in [-0.1, -0.05) is 6.08 Å². The number of aryl methyl sites for hydroxylation is 1. The van der Waals surface area contributed by atoms with Crippen LogP contribution in [0.3, 0.4) is 0 Å². The van der Waals surface area contributed by atoms with E-state index in [1.807, 2.05) is 0 Å². The molecule has 0 fully saturated rings. The first kappa shape index (κ1) is 19.5. The van der Waals surface area contributed by atoms with Gasteiger partial charge in [-0.3, -0.25) is 28.2 Å². The van der Waals surface area contributed by atoms with Crippen LogP contribution in [0.2, 0.25) is 0 Å². The Hall–Kier alpha value is -2.78. The number of carbonyl (C=O) groups is 1. The van der Waals surface area contributed by atoms with Crippen molar-refractivity contribution in [3.05, 3.63) is 74.1 Å². The predicted octanol–water partition coefficient (Wildman–Crippen LogP) is 1.85. The Labute approximate surface area is 164 Å². The summed E-state index contributed by atoms with van der Waals surface area (Å²) in [5.74, 6) is 0.321. The maximum atomic E-state index is 12.7. The van der Waals surface area contributed by atoms with Gasteiger partial charge in [0.15, 0.2) is 6.23 Å². The van der Waals surface area contributed by atoms with Crippen LogP contribution in [0, 0.1) is 6.92 Å². The van der Waals surface area contributed by atoms with E-state index in [2.05, 4.69) is 4.98 Å². The summed E-state index contributed by atoms with van der Waals surface area (Å²) in [7, 11) is -3.86. The van der Waals surface area contributed by atoms with Crippen molar-refractivity contribution in [3.63, 3.8) is 0 Å². The molecule has 152 valence electrons. The number of rotatable bonds is 5. The van der Waals surface area contributed by atoms with Crippen molar-refractivity contribution in [1.82, 2.24) is 9.55 Å². The molecule has 3 heterocycles. The molecule has 0 bridgehead atoms. The number of ether oxygens (including phenoxy) is 1. The van der Waals surface area contributed by atoms with Crippen molar-refractivity contribution in [3.8, 4) is 5.75 Å². The number of nitrogens with zero attached hydrogens (tertiary/aromatic N) is 1. The summed E-state index contributed by atoms with van der Waals surface area (Å²) in [6, 6.07) is 4.66. The summed E-state index contributed by atoms with van der Waals surface area (Å²) >= 11 is 0. The van der Waals surface area contributed by atoms with Gasteiger partial charge in [0.05, 0.1) is 13.2 Å². The molecule has 10 nitrogen and oxygen atoms in total. The van der Waals surface area contributed by atoms with Gasteiger partial charge in [-0.2, -0.15) is 0 Å². The number of aromatic nitrogens is 2.